The molecule has 1 heterocycles. The number of likely N-dealkylation sites (tertiary alicyclic amines) is 1. The molecular formula is C14H21N3O2. The summed E-state index contributed by atoms with van der Waals surface area (Å²) in [6.45, 7) is 5.98. The number of nitro benzene ring substituents is 1. The van der Waals surface area contributed by atoms with Gasteiger partial charge in [-0.15, -0.1) is 0 Å². The molecule has 2 atom stereocenters. The maximum atomic E-state index is 11.0. The van der Waals surface area contributed by atoms with E-state index in [-0.39, 0.29) is 16.7 Å². The Hall–Kier alpha value is -1.46. The van der Waals surface area contributed by atoms with Crippen molar-refractivity contribution in [3.63, 3.8) is 0 Å². The molecule has 5 heteroatoms. The minimum Gasteiger partial charge on any atom is -0.306 e. The van der Waals surface area contributed by atoms with Gasteiger partial charge in [0.25, 0.3) is 5.69 Å². The van der Waals surface area contributed by atoms with Crippen LogP contribution in [0.1, 0.15) is 30.5 Å². The Morgan fingerprint density at radius 3 is 2.84 bits per heavy atom. The zero-order valence-electron chi connectivity index (χ0n) is 11.7. The topological polar surface area (TPSA) is 58.4 Å². The fourth-order valence-electron chi connectivity index (χ4n) is 2.61. The average molecular weight is 263 g/mol. The Balaban J connectivity index is 2.08. The number of aryl methyl sites for hydroxylation is 1. The van der Waals surface area contributed by atoms with Gasteiger partial charge >= 0.3 is 0 Å². The Kier molecular flexibility index (Phi) is 4.17. The van der Waals surface area contributed by atoms with Gasteiger partial charge in [0.15, 0.2) is 0 Å². The molecule has 1 aliphatic rings. The Morgan fingerprint density at radius 1 is 1.53 bits per heavy atom. The molecule has 0 bridgehead atoms. The van der Waals surface area contributed by atoms with Gasteiger partial charge in [0.1, 0.15) is 0 Å². The SMILES string of the molecule is Cc1ccc(C(C)NC2CCN(C)C2)cc1[N+](=O)[O-]. The molecule has 0 saturated carbocycles. The van der Waals surface area contributed by atoms with Gasteiger partial charge < -0.3 is 10.2 Å². The highest BCUT2D eigenvalue weighted by Gasteiger charge is 2.22. The number of likely N-dealkylation sites (N-methyl/N-ethyl adjacent to an activating group) is 1. The van der Waals surface area contributed by atoms with Crippen molar-refractivity contribution >= 4 is 5.69 Å². The molecule has 1 aromatic carbocycles. The minimum atomic E-state index is -0.311. The standard InChI is InChI=1S/C14H21N3O2/c1-10-4-5-12(8-14(10)17(18)19)11(2)15-13-6-7-16(3)9-13/h4-5,8,11,13,15H,6-7,9H2,1-3H3. The molecule has 0 radical (unpaired) electrons. The lowest BCUT2D eigenvalue weighted by Gasteiger charge is -2.20. The van der Waals surface area contributed by atoms with Crippen molar-refractivity contribution in [1.82, 2.24) is 10.2 Å². The summed E-state index contributed by atoms with van der Waals surface area (Å²) in [6.07, 6.45) is 1.13. The van der Waals surface area contributed by atoms with Crippen LogP contribution in [0.3, 0.4) is 0 Å². The molecule has 0 aromatic heterocycles. The molecule has 0 spiro atoms. The highest BCUT2D eigenvalue weighted by atomic mass is 16.6. The van der Waals surface area contributed by atoms with E-state index in [0.29, 0.717) is 11.6 Å². The third-order valence-corrected chi connectivity index (χ3v) is 3.81. The first-order chi connectivity index (χ1) is 8.97. The van der Waals surface area contributed by atoms with Crippen LogP contribution in [0.4, 0.5) is 5.69 Å². The summed E-state index contributed by atoms with van der Waals surface area (Å²) in [5.74, 6) is 0. The van der Waals surface area contributed by atoms with E-state index in [4.69, 9.17) is 0 Å². The summed E-state index contributed by atoms with van der Waals surface area (Å²) < 4.78 is 0. The van der Waals surface area contributed by atoms with Gasteiger partial charge in [-0.1, -0.05) is 12.1 Å². The van der Waals surface area contributed by atoms with Crippen molar-refractivity contribution < 1.29 is 4.92 Å². The minimum absolute atomic E-state index is 0.135. The average Bonchev–Trinajstić information content (AvgIpc) is 2.74. The van der Waals surface area contributed by atoms with Crippen molar-refractivity contribution in [3.05, 3.63) is 39.4 Å². The lowest BCUT2D eigenvalue weighted by Crippen LogP contribution is -2.33. The summed E-state index contributed by atoms with van der Waals surface area (Å²) in [5, 5.41) is 14.5. The second kappa shape index (κ2) is 5.67. The van der Waals surface area contributed by atoms with Crippen LogP contribution < -0.4 is 5.32 Å². The van der Waals surface area contributed by atoms with Crippen LogP contribution in [0.2, 0.25) is 0 Å². The number of nitro groups is 1. The van der Waals surface area contributed by atoms with Crippen LogP contribution in [-0.4, -0.2) is 36.0 Å². The molecule has 0 aliphatic carbocycles. The summed E-state index contributed by atoms with van der Waals surface area (Å²) in [5.41, 5.74) is 1.89. The van der Waals surface area contributed by atoms with Crippen LogP contribution in [-0.2, 0) is 0 Å². The quantitative estimate of drug-likeness (QED) is 0.668. The Morgan fingerprint density at radius 2 is 2.26 bits per heavy atom. The van der Waals surface area contributed by atoms with Gasteiger partial charge in [-0.3, -0.25) is 10.1 Å². The largest absolute Gasteiger partial charge is 0.306 e. The molecule has 2 unspecified atom stereocenters. The van der Waals surface area contributed by atoms with Gasteiger partial charge in [-0.2, -0.15) is 0 Å². The van der Waals surface area contributed by atoms with Crippen LogP contribution >= 0.6 is 0 Å². The van der Waals surface area contributed by atoms with Crippen molar-refractivity contribution in [2.24, 2.45) is 0 Å². The summed E-state index contributed by atoms with van der Waals surface area (Å²) in [7, 11) is 2.11. The number of rotatable bonds is 4. The highest BCUT2D eigenvalue weighted by Crippen LogP contribution is 2.24. The van der Waals surface area contributed by atoms with E-state index in [2.05, 4.69) is 24.2 Å². The monoisotopic (exact) mass is 263 g/mol. The van der Waals surface area contributed by atoms with Crippen LogP contribution in [0.5, 0.6) is 0 Å². The second-order valence-electron chi connectivity index (χ2n) is 5.44. The van der Waals surface area contributed by atoms with Crippen molar-refractivity contribution in [2.45, 2.75) is 32.4 Å². The van der Waals surface area contributed by atoms with E-state index >= 15 is 0 Å². The molecule has 104 valence electrons. The predicted octanol–water partition coefficient (Wildman–Crippen LogP) is 2.26. The van der Waals surface area contributed by atoms with E-state index in [1.807, 2.05) is 12.1 Å². The fourth-order valence-corrected chi connectivity index (χ4v) is 2.61. The Labute approximate surface area is 113 Å². The van der Waals surface area contributed by atoms with Gasteiger partial charge in [0, 0.05) is 30.3 Å². The first-order valence-corrected chi connectivity index (χ1v) is 6.67. The van der Waals surface area contributed by atoms with Crippen LogP contribution in [0, 0.1) is 17.0 Å². The maximum absolute atomic E-state index is 11.0. The zero-order valence-corrected chi connectivity index (χ0v) is 11.7. The lowest BCUT2D eigenvalue weighted by molar-refractivity contribution is -0.385. The van der Waals surface area contributed by atoms with Gasteiger partial charge in [-0.05, 0) is 39.4 Å². The molecule has 2 rings (SSSR count). The first kappa shape index (κ1) is 14.0. The fraction of sp³-hybridized carbons (Fsp3) is 0.571. The molecular weight excluding hydrogens is 242 g/mol. The molecule has 1 saturated heterocycles. The second-order valence-corrected chi connectivity index (χ2v) is 5.44. The van der Waals surface area contributed by atoms with Gasteiger partial charge in [0.2, 0.25) is 0 Å². The number of nitrogens with zero attached hydrogens (tertiary/aromatic N) is 2. The number of nitrogens with one attached hydrogen (secondary N) is 1. The molecule has 1 aromatic rings. The van der Waals surface area contributed by atoms with Crippen molar-refractivity contribution in [2.75, 3.05) is 20.1 Å². The van der Waals surface area contributed by atoms with E-state index in [1.165, 1.54) is 0 Å². The highest BCUT2D eigenvalue weighted by molar-refractivity contribution is 5.43. The molecule has 19 heavy (non-hydrogen) atoms. The molecule has 1 fully saturated rings. The number of hydrogen-bond donors (Lipinski definition) is 1. The Bertz CT molecular complexity index is 476. The third kappa shape index (κ3) is 3.30. The molecule has 0 amide bonds. The smallest absolute Gasteiger partial charge is 0.272 e. The number of benzene rings is 1. The van der Waals surface area contributed by atoms with Crippen LogP contribution in [0.25, 0.3) is 0 Å². The maximum Gasteiger partial charge on any atom is 0.272 e. The molecule has 1 N–H and O–H groups in total. The summed E-state index contributed by atoms with van der Waals surface area (Å²) >= 11 is 0. The number of hydrogen-bond acceptors (Lipinski definition) is 4. The predicted molar refractivity (Wildman–Crippen MR) is 75.3 cm³/mol. The van der Waals surface area contributed by atoms with Gasteiger partial charge in [-0.25, -0.2) is 0 Å². The molecule has 5 nitrogen and oxygen atoms in total. The van der Waals surface area contributed by atoms with Gasteiger partial charge in [0.05, 0.1) is 4.92 Å². The lowest BCUT2D eigenvalue weighted by atomic mass is 10.0. The van der Waals surface area contributed by atoms with Crippen molar-refractivity contribution in [3.8, 4) is 0 Å². The first-order valence-electron chi connectivity index (χ1n) is 6.67. The zero-order chi connectivity index (χ0) is 14.0. The van der Waals surface area contributed by atoms with E-state index in [0.717, 1.165) is 25.1 Å². The van der Waals surface area contributed by atoms with E-state index in [9.17, 15) is 10.1 Å². The van der Waals surface area contributed by atoms with Crippen molar-refractivity contribution in [1.29, 1.82) is 0 Å². The third-order valence-electron chi connectivity index (χ3n) is 3.81. The normalized spacial score (nSPS) is 21.5. The summed E-state index contributed by atoms with van der Waals surface area (Å²) in [4.78, 5) is 12.9. The van der Waals surface area contributed by atoms with E-state index < -0.39 is 0 Å². The van der Waals surface area contributed by atoms with E-state index in [1.54, 1.807) is 13.0 Å². The molecule has 1 aliphatic heterocycles. The summed E-state index contributed by atoms with van der Waals surface area (Å²) in [6, 6.07) is 6.09. The van der Waals surface area contributed by atoms with Crippen LogP contribution in [0.15, 0.2) is 18.2 Å².